The first kappa shape index (κ1) is 13.5. The van der Waals surface area contributed by atoms with Crippen LogP contribution in [0.1, 0.15) is 11.3 Å². The Morgan fingerprint density at radius 2 is 2.11 bits per heavy atom. The van der Waals surface area contributed by atoms with Crippen LogP contribution in [0.4, 0.5) is 13.2 Å². The molecule has 7 heteroatoms. The number of nitrogens with two attached hydrogens (primary N) is 1. The zero-order chi connectivity index (χ0) is 14.0. The number of halogens is 3. The average molecular weight is 286 g/mol. The number of benzene rings is 1. The minimum Gasteiger partial charge on any atom is -0.369 e. The van der Waals surface area contributed by atoms with Gasteiger partial charge in [0.1, 0.15) is 5.01 Å². The van der Waals surface area contributed by atoms with Crippen LogP contribution in [0.5, 0.6) is 0 Å². The number of carbonyl (C=O) groups excluding carboxylic acids is 1. The fraction of sp³-hybridized carbons (Fsp3) is 0.167. The van der Waals surface area contributed by atoms with E-state index in [9.17, 15) is 18.0 Å². The highest BCUT2D eigenvalue weighted by Crippen LogP contribution is 2.33. The Bertz CT molecular complexity index is 607. The van der Waals surface area contributed by atoms with Crippen molar-refractivity contribution in [3.05, 3.63) is 40.9 Å². The standard InChI is InChI=1S/C12H9F3N2OS/c13-12(14,15)8-3-1-2-7(4-8)11-17-9(6-19-11)5-10(16)18/h1-4,6H,5H2,(H2,16,18). The van der Waals surface area contributed by atoms with Gasteiger partial charge in [-0.05, 0) is 12.1 Å². The summed E-state index contributed by atoms with van der Waals surface area (Å²) in [6, 6.07) is 4.91. The van der Waals surface area contributed by atoms with E-state index in [4.69, 9.17) is 5.73 Å². The quantitative estimate of drug-likeness (QED) is 0.943. The molecule has 0 spiro atoms. The van der Waals surface area contributed by atoms with Gasteiger partial charge in [-0.15, -0.1) is 11.3 Å². The number of hydrogen-bond donors (Lipinski definition) is 1. The molecule has 1 amide bonds. The van der Waals surface area contributed by atoms with Crippen molar-refractivity contribution in [3.8, 4) is 10.6 Å². The van der Waals surface area contributed by atoms with Crippen LogP contribution in [0.15, 0.2) is 29.6 Å². The van der Waals surface area contributed by atoms with Crippen molar-refractivity contribution in [2.75, 3.05) is 0 Å². The van der Waals surface area contributed by atoms with Crippen molar-refractivity contribution in [1.82, 2.24) is 4.98 Å². The van der Waals surface area contributed by atoms with Crippen LogP contribution in [0.2, 0.25) is 0 Å². The summed E-state index contributed by atoms with van der Waals surface area (Å²) in [6.07, 6.45) is -4.40. The van der Waals surface area contributed by atoms with Crippen LogP contribution in [-0.2, 0) is 17.4 Å². The molecule has 0 aliphatic carbocycles. The van der Waals surface area contributed by atoms with Gasteiger partial charge in [0.25, 0.3) is 0 Å². The van der Waals surface area contributed by atoms with Crippen LogP contribution in [0, 0.1) is 0 Å². The van der Waals surface area contributed by atoms with Crippen molar-refractivity contribution >= 4 is 17.2 Å². The lowest BCUT2D eigenvalue weighted by Crippen LogP contribution is -2.13. The first-order chi connectivity index (χ1) is 8.86. The van der Waals surface area contributed by atoms with Crippen LogP contribution in [-0.4, -0.2) is 10.9 Å². The number of hydrogen-bond acceptors (Lipinski definition) is 3. The minimum absolute atomic E-state index is 0.0184. The van der Waals surface area contributed by atoms with E-state index < -0.39 is 17.6 Å². The van der Waals surface area contributed by atoms with Crippen LogP contribution >= 0.6 is 11.3 Å². The topological polar surface area (TPSA) is 56.0 Å². The summed E-state index contributed by atoms with van der Waals surface area (Å²) in [5.41, 5.74) is 5.14. The molecule has 0 atom stereocenters. The lowest BCUT2D eigenvalue weighted by atomic mass is 10.1. The van der Waals surface area contributed by atoms with Gasteiger partial charge in [0.05, 0.1) is 17.7 Å². The molecule has 0 bridgehead atoms. The smallest absolute Gasteiger partial charge is 0.369 e. The van der Waals surface area contributed by atoms with Gasteiger partial charge >= 0.3 is 6.18 Å². The molecule has 3 nitrogen and oxygen atoms in total. The molecule has 19 heavy (non-hydrogen) atoms. The third-order valence-corrected chi connectivity index (χ3v) is 3.28. The largest absolute Gasteiger partial charge is 0.416 e. The Morgan fingerprint density at radius 3 is 2.74 bits per heavy atom. The maximum Gasteiger partial charge on any atom is 0.416 e. The molecule has 0 radical (unpaired) electrons. The number of aromatic nitrogens is 1. The molecule has 0 unspecified atom stereocenters. The zero-order valence-electron chi connectivity index (χ0n) is 9.57. The van der Waals surface area contributed by atoms with Gasteiger partial charge in [0.15, 0.2) is 0 Å². The Morgan fingerprint density at radius 1 is 1.37 bits per heavy atom. The van der Waals surface area contributed by atoms with Crippen LogP contribution in [0.25, 0.3) is 10.6 Å². The second-order valence-corrected chi connectivity index (χ2v) is 4.72. The summed E-state index contributed by atoms with van der Waals surface area (Å²) in [4.78, 5) is 14.8. The molecule has 2 aromatic rings. The molecule has 1 heterocycles. The molecule has 0 aliphatic heterocycles. The van der Waals surface area contributed by atoms with E-state index in [1.54, 1.807) is 11.4 Å². The van der Waals surface area contributed by atoms with E-state index >= 15 is 0 Å². The Labute approximate surface area is 110 Å². The number of nitrogens with zero attached hydrogens (tertiary/aromatic N) is 1. The fourth-order valence-electron chi connectivity index (χ4n) is 1.53. The summed E-state index contributed by atoms with van der Waals surface area (Å²) in [5, 5.41) is 2.04. The zero-order valence-corrected chi connectivity index (χ0v) is 10.4. The first-order valence-corrected chi connectivity index (χ1v) is 6.14. The van der Waals surface area contributed by atoms with Crippen molar-refractivity contribution in [2.24, 2.45) is 5.73 Å². The van der Waals surface area contributed by atoms with Gasteiger partial charge in [-0.25, -0.2) is 4.98 Å². The van der Waals surface area contributed by atoms with Crippen LogP contribution in [0.3, 0.4) is 0 Å². The molecule has 100 valence electrons. The number of alkyl halides is 3. The van der Waals surface area contributed by atoms with Gasteiger partial charge in [0.2, 0.25) is 5.91 Å². The summed E-state index contributed by atoms with van der Waals surface area (Å²) >= 11 is 1.18. The molecule has 2 rings (SSSR count). The Kier molecular flexibility index (Phi) is 3.57. The van der Waals surface area contributed by atoms with Crippen molar-refractivity contribution in [1.29, 1.82) is 0 Å². The van der Waals surface area contributed by atoms with E-state index in [2.05, 4.69) is 4.98 Å². The molecule has 1 aromatic heterocycles. The maximum atomic E-state index is 12.6. The lowest BCUT2D eigenvalue weighted by molar-refractivity contribution is -0.137. The summed E-state index contributed by atoms with van der Waals surface area (Å²) in [5.74, 6) is -0.527. The van der Waals surface area contributed by atoms with E-state index in [0.717, 1.165) is 12.1 Å². The second kappa shape index (κ2) is 5.00. The number of rotatable bonds is 3. The van der Waals surface area contributed by atoms with Crippen molar-refractivity contribution in [2.45, 2.75) is 12.6 Å². The van der Waals surface area contributed by atoms with Crippen molar-refractivity contribution in [3.63, 3.8) is 0 Å². The molecule has 0 saturated heterocycles. The van der Waals surface area contributed by atoms with Gasteiger partial charge in [-0.2, -0.15) is 13.2 Å². The van der Waals surface area contributed by atoms with Gasteiger partial charge in [-0.1, -0.05) is 12.1 Å². The average Bonchev–Trinajstić information content (AvgIpc) is 2.76. The predicted octanol–water partition coefficient (Wildman–Crippen LogP) is 2.86. The monoisotopic (exact) mass is 286 g/mol. The van der Waals surface area contributed by atoms with Gasteiger partial charge in [-0.3, -0.25) is 4.79 Å². The molecule has 2 N–H and O–H groups in total. The Balaban J connectivity index is 2.32. The number of primary amides is 1. The number of amides is 1. The Hall–Kier alpha value is -1.89. The first-order valence-electron chi connectivity index (χ1n) is 5.26. The third kappa shape index (κ3) is 3.31. The highest BCUT2D eigenvalue weighted by molar-refractivity contribution is 7.13. The fourth-order valence-corrected chi connectivity index (χ4v) is 2.34. The van der Waals surface area contributed by atoms with Crippen LogP contribution < -0.4 is 5.73 Å². The minimum atomic E-state index is -4.39. The van der Waals surface area contributed by atoms with Gasteiger partial charge in [0, 0.05) is 10.9 Å². The summed E-state index contributed by atoms with van der Waals surface area (Å²) in [6.45, 7) is 0. The maximum absolute atomic E-state index is 12.6. The molecule has 0 saturated carbocycles. The van der Waals surface area contributed by atoms with E-state index in [0.29, 0.717) is 16.3 Å². The second-order valence-electron chi connectivity index (χ2n) is 3.87. The molecule has 1 aromatic carbocycles. The predicted molar refractivity (Wildman–Crippen MR) is 65.5 cm³/mol. The summed E-state index contributed by atoms with van der Waals surface area (Å²) < 4.78 is 37.7. The molecular formula is C12H9F3N2OS. The highest BCUT2D eigenvalue weighted by Gasteiger charge is 2.30. The van der Waals surface area contributed by atoms with Gasteiger partial charge < -0.3 is 5.73 Å². The number of carbonyl (C=O) groups is 1. The molecule has 0 fully saturated rings. The highest BCUT2D eigenvalue weighted by atomic mass is 32.1. The normalized spacial score (nSPS) is 11.5. The SMILES string of the molecule is NC(=O)Cc1csc(-c2cccc(C(F)(F)F)c2)n1. The van der Waals surface area contributed by atoms with E-state index in [-0.39, 0.29) is 6.42 Å². The number of thiazole rings is 1. The van der Waals surface area contributed by atoms with E-state index in [1.165, 1.54) is 17.4 Å². The molecule has 0 aliphatic rings. The third-order valence-electron chi connectivity index (χ3n) is 2.34. The van der Waals surface area contributed by atoms with Crippen molar-refractivity contribution < 1.29 is 18.0 Å². The van der Waals surface area contributed by atoms with E-state index in [1.807, 2.05) is 0 Å². The molecular weight excluding hydrogens is 277 g/mol. The lowest BCUT2D eigenvalue weighted by Gasteiger charge is -2.07. The summed E-state index contributed by atoms with van der Waals surface area (Å²) in [7, 11) is 0.